The van der Waals surface area contributed by atoms with Gasteiger partial charge in [0.25, 0.3) is 5.91 Å². The molecule has 3 rings (SSSR count). The molecule has 2 amide bonds. The molecular weight excluding hydrogens is 368 g/mol. The number of hydrogen-bond acceptors (Lipinski definition) is 8. The lowest BCUT2D eigenvalue weighted by atomic mass is 9.94. The van der Waals surface area contributed by atoms with Crippen LogP contribution in [0.25, 0.3) is 0 Å². The van der Waals surface area contributed by atoms with Gasteiger partial charge < -0.3 is 25.0 Å². The highest BCUT2D eigenvalue weighted by molar-refractivity contribution is 5.98. The first-order chi connectivity index (χ1) is 13.1. The Morgan fingerprint density at radius 2 is 2.18 bits per heavy atom. The van der Waals surface area contributed by atoms with E-state index in [1.165, 1.54) is 4.90 Å². The molecule has 1 aromatic rings. The molecule has 0 saturated carbocycles. The maximum Gasteiger partial charge on any atom is 0.263 e. The SMILES string of the molecule is CC(C)(C)OC(O)NC1(CCO)CC(=O)N(c2ccc3c(n2)NC(=O)CO3)C1. The van der Waals surface area contributed by atoms with E-state index in [-0.39, 0.29) is 50.2 Å². The van der Waals surface area contributed by atoms with Crippen LogP contribution in [-0.4, -0.2) is 64.3 Å². The molecule has 2 atom stereocenters. The lowest BCUT2D eigenvalue weighted by Gasteiger charge is -2.34. The molecular formula is C18H26N4O6. The summed E-state index contributed by atoms with van der Waals surface area (Å²) in [6.07, 6.45) is -1.01. The molecule has 10 heteroatoms. The van der Waals surface area contributed by atoms with E-state index < -0.39 is 17.6 Å². The van der Waals surface area contributed by atoms with E-state index in [9.17, 15) is 19.8 Å². The number of ether oxygens (including phenoxy) is 2. The number of nitrogens with one attached hydrogen (secondary N) is 2. The van der Waals surface area contributed by atoms with Gasteiger partial charge in [-0.3, -0.25) is 19.8 Å². The summed E-state index contributed by atoms with van der Waals surface area (Å²) in [5, 5.41) is 25.3. The second kappa shape index (κ2) is 7.63. The standard InChI is InChI=1S/C18H26N4O6/c1-17(2,3)28-16(26)21-18(6-7-23)8-14(25)22(10-18)12-5-4-11-15(19-12)20-13(24)9-27-11/h4-5,16,21,23,26H,6-10H2,1-3H3,(H,19,20,24). The Morgan fingerprint density at radius 1 is 1.43 bits per heavy atom. The molecule has 0 bridgehead atoms. The highest BCUT2D eigenvalue weighted by atomic mass is 16.6. The first-order valence-corrected chi connectivity index (χ1v) is 9.09. The van der Waals surface area contributed by atoms with E-state index in [4.69, 9.17) is 9.47 Å². The molecule has 2 aliphatic heterocycles. The highest BCUT2D eigenvalue weighted by Crippen LogP contribution is 2.33. The summed E-state index contributed by atoms with van der Waals surface area (Å²) in [4.78, 5) is 30.0. The van der Waals surface area contributed by atoms with Crippen LogP contribution in [0.1, 0.15) is 33.6 Å². The summed E-state index contributed by atoms with van der Waals surface area (Å²) in [7, 11) is 0. The number of aromatic nitrogens is 1. The third kappa shape index (κ3) is 4.58. The highest BCUT2D eigenvalue weighted by Gasteiger charge is 2.45. The third-order valence-electron chi connectivity index (χ3n) is 4.47. The molecule has 0 aliphatic carbocycles. The average Bonchev–Trinajstić information content (AvgIpc) is 2.88. The molecule has 28 heavy (non-hydrogen) atoms. The van der Waals surface area contributed by atoms with Gasteiger partial charge in [0, 0.05) is 19.6 Å². The summed E-state index contributed by atoms with van der Waals surface area (Å²) in [5.41, 5.74) is -1.47. The minimum Gasteiger partial charge on any atom is -0.480 e. The van der Waals surface area contributed by atoms with Crippen LogP contribution in [0.2, 0.25) is 0 Å². The summed E-state index contributed by atoms with van der Waals surface area (Å²) in [6.45, 7) is 5.34. The number of rotatable bonds is 6. The van der Waals surface area contributed by atoms with Crippen molar-refractivity contribution in [1.29, 1.82) is 0 Å². The Hall–Kier alpha value is -2.27. The van der Waals surface area contributed by atoms with Crippen LogP contribution < -0.4 is 20.3 Å². The van der Waals surface area contributed by atoms with Gasteiger partial charge in [-0.1, -0.05) is 0 Å². The fourth-order valence-electron chi connectivity index (χ4n) is 3.32. The predicted octanol–water partition coefficient (Wildman–Crippen LogP) is -0.0490. The topological polar surface area (TPSA) is 133 Å². The van der Waals surface area contributed by atoms with Crippen LogP contribution >= 0.6 is 0 Å². The van der Waals surface area contributed by atoms with Crippen LogP contribution in [0.15, 0.2) is 12.1 Å². The number of pyridine rings is 1. The third-order valence-corrected chi connectivity index (χ3v) is 4.47. The van der Waals surface area contributed by atoms with E-state index >= 15 is 0 Å². The van der Waals surface area contributed by atoms with E-state index in [1.54, 1.807) is 32.9 Å². The van der Waals surface area contributed by atoms with Crippen molar-refractivity contribution in [1.82, 2.24) is 10.3 Å². The second-order valence-corrected chi connectivity index (χ2v) is 7.99. The molecule has 2 unspecified atom stereocenters. The zero-order chi connectivity index (χ0) is 20.5. The maximum atomic E-state index is 12.7. The Kier molecular flexibility index (Phi) is 5.57. The Morgan fingerprint density at radius 3 is 2.86 bits per heavy atom. The lowest BCUT2D eigenvalue weighted by molar-refractivity contribution is -0.192. The molecule has 3 heterocycles. The minimum absolute atomic E-state index is 0.0553. The van der Waals surface area contributed by atoms with Gasteiger partial charge in [-0.2, -0.15) is 0 Å². The quantitative estimate of drug-likeness (QED) is 0.494. The van der Waals surface area contributed by atoms with Crippen molar-refractivity contribution < 1.29 is 29.3 Å². The molecule has 0 spiro atoms. The van der Waals surface area contributed by atoms with Crippen molar-refractivity contribution in [3.8, 4) is 5.75 Å². The molecule has 0 aromatic carbocycles. The number of carbonyl (C=O) groups excluding carboxylic acids is 2. The summed E-state index contributed by atoms with van der Waals surface area (Å²) >= 11 is 0. The van der Waals surface area contributed by atoms with E-state index in [1.807, 2.05) is 0 Å². The van der Waals surface area contributed by atoms with Crippen molar-refractivity contribution in [3.63, 3.8) is 0 Å². The van der Waals surface area contributed by atoms with Crippen LogP contribution in [-0.2, 0) is 14.3 Å². The average molecular weight is 394 g/mol. The van der Waals surface area contributed by atoms with Gasteiger partial charge in [0.2, 0.25) is 12.3 Å². The predicted molar refractivity (Wildman–Crippen MR) is 99.7 cm³/mol. The lowest BCUT2D eigenvalue weighted by Crippen LogP contribution is -2.55. The number of anilines is 2. The van der Waals surface area contributed by atoms with Gasteiger partial charge in [-0.05, 0) is 39.3 Å². The molecule has 10 nitrogen and oxygen atoms in total. The van der Waals surface area contributed by atoms with E-state index in [0.29, 0.717) is 11.6 Å². The summed E-state index contributed by atoms with van der Waals surface area (Å²) in [5.74, 6) is 0.500. The largest absolute Gasteiger partial charge is 0.480 e. The van der Waals surface area contributed by atoms with E-state index in [0.717, 1.165) is 0 Å². The van der Waals surface area contributed by atoms with Gasteiger partial charge >= 0.3 is 0 Å². The zero-order valence-corrected chi connectivity index (χ0v) is 16.2. The molecule has 0 radical (unpaired) electrons. The fourth-order valence-corrected chi connectivity index (χ4v) is 3.32. The number of carbonyl (C=O) groups is 2. The number of aliphatic hydroxyl groups is 2. The maximum absolute atomic E-state index is 12.7. The Bertz CT molecular complexity index is 765. The molecule has 1 saturated heterocycles. The van der Waals surface area contributed by atoms with Crippen molar-refractivity contribution in [2.45, 2.75) is 51.2 Å². The Balaban J connectivity index is 1.80. The van der Waals surface area contributed by atoms with Crippen molar-refractivity contribution in [2.75, 3.05) is 30.0 Å². The first-order valence-electron chi connectivity index (χ1n) is 9.09. The normalized spacial score (nSPS) is 23.2. The fraction of sp³-hybridized carbons (Fsp3) is 0.611. The van der Waals surface area contributed by atoms with Crippen LogP contribution in [0.5, 0.6) is 5.75 Å². The first kappa shape index (κ1) is 20.5. The zero-order valence-electron chi connectivity index (χ0n) is 16.2. The van der Waals surface area contributed by atoms with E-state index in [2.05, 4.69) is 15.6 Å². The molecule has 154 valence electrons. The summed E-state index contributed by atoms with van der Waals surface area (Å²) < 4.78 is 10.8. The van der Waals surface area contributed by atoms with Crippen LogP contribution in [0.4, 0.5) is 11.6 Å². The van der Waals surface area contributed by atoms with Crippen LogP contribution in [0.3, 0.4) is 0 Å². The van der Waals surface area contributed by atoms with Crippen molar-refractivity contribution in [3.05, 3.63) is 12.1 Å². The van der Waals surface area contributed by atoms with Gasteiger partial charge in [0.15, 0.2) is 18.2 Å². The van der Waals surface area contributed by atoms with Crippen molar-refractivity contribution in [2.24, 2.45) is 0 Å². The number of amides is 2. The summed E-state index contributed by atoms with van der Waals surface area (Å²) in [6, 6.07) is 3.27. The smallest absolute Gasteiger partial charge is 0.263 e. The number of fused-ring (bicyclic) bond motifs is 1. The van der Waals surface area contributed by atoms with Crippen molar-refractivity contribution >= 4 is 23.5 Å². The van der Waals surface area contributed by atoms with Gasteiger partial charge in [-0.15, -0.1) is 0 Å². The number of hydrogen-bond donors (Lipinski definition) is 4. The molecule has 2 aliphatic rings. The number of aliphatic hydroxyl groups excluding tert-OH is 2. The van der Waals surface area contributed by atoms with Crippen LogP contribution in [0, 0.1) is 0 Å². The number of nitrogens with zero attached hydrogens (tertiary/aromatic N) is 2. The minimum atomic E-state index is -1.30. The molecule has 1 aromatic heterocycles. The second-order valence-electron chi connectivity index (χ2n) is 7.99. The van der Waals surface area contributed by atoms with Gasteiger partial charge in [0.05, 0.1) is 11.1 Å². The molecule has 1 fully saturated rings. The monoisotopic (exact) mass is 394 g/mol. The van der Waals surface area contributed by atoms with Gasteiger partial charge in [0.1, 0.15) is 5.82 Å². The van der Waals surface area contributed by atoms with Gasteiger partial charge in [-0.25, -0.2) is 4.98 Å². The Labute approximate surface area is 162 Å². The molecule has 4 N–H and O–H groups in total.